The van der Waals surface area contributed by atoms with Crippen LogP contribution in [0.2, 0.25) is 0 Å². The number of hydrogen-bond acceptors (Lipinski definition) is 4. The standard InChI is InChI=1S/C14H17FN4S/c1-20-14(17-11-16)19-8-6-18(7-9-19)10-12-2-4-13(15)5-3-12/h2-5H,6-10H2,1H3. The molecule has 0 radical (unpaired) electrons. The van der Waals surface area contributed by atoms with Crippen LogP contribution in [0.1, 0.15) is 5.56 Å². The molecule has 20 heavy (non-hydrogen) atoms. The van der Waals surface area contributed by atoms with Crippen LogP contribution in [0, 0.1) is 17.3 Å². The third-order valence-corrected chi connectivity index (χ3v) is 4.01. The van der Waals surface area contributed by atoms with Crippen LogP contribution in [0.4, 0.5) is 4.39 Å². The SMILES string of the molecule is CSC(=NC#N)N1CCN(Cc2ccc(F)cc2)CC1. The molecular formula is C14H17FN4S. The van der Waals surface area contributed by atoms with Gasteiger partial charge in [-0.25, -0.2) is 4.39 Å². The molecule has 0 spiro atoms. The molecule has 1 aliphatic rings. The summed E-state index contributed by atoms with van der Waals surface area (Å²) in [4.78, 5) is 8.30. The van der Waals surface area contributed by atoms with Gasteiger partial charge in [0.2, 0.25) is 6.19 Å². The molecule has 4 nitrogen and oxygen atoms in total. The fourth-order valence-electron chi connectivity index (χ4n) is 2.23. The molecule has 1 saturated heterocycles. The van der Waals surface area contributed by atoms with Gasteiger partial charge in [-0.15, -0.1) is 4.99 Å². The molecule has 0 aromatic heterocycles. The first-order chi connectivity index (χ1) is 9.72. The number of nitriles is 1. The van der Waals surface area contributed by atoms with Gasteiger partial charge in [0.05, 0.1) is 0 Å². The second-order valence-electron chi connectivity index (χ2n) is 4.59. The fourth-order valence-corrected chi connectivity index (χ4v) is 2.81. The van der Waals surface area contributed by atoms with Gasteiger partial charge in [0.25, 0.3) is 0 Å². The van der Waals surface area contributed by atoms with Gasteiger partial charge in [-0.05, 0) is 24.0 Å². The van der Waals surface area contributed by atoms with E-state index in [-0.39, 0.29) is 5.82 Å². The van der Waals surface area contributed by atoms with E-state index >= 15 is 0 Å². The van der Waals surface area contributed by atoms with Crippen LogP contribution < -0.4 is 0 Å². The van der Waals surface area contributed by atoms with E-state index in [9.17, 15) is 4.39 Å². The summed E-state index contributed by atoms with van der Waals surface area (Å²) in [6.07, 6.45) is 3.78. The van der Waals surface area contributed by atoms with Crippen molar-refractivity contribution >= 4 is 16.9 Å². The third kappa shape index (κ3) is 3.95. The molecule has 2 rings (SSSR count). The van der Waals surface area contributed by atoms with Crippen molar-refractivity contribution in [3.8, 4) is 6.19 Å². The number of nitrogens with zero attached hydrogens (tertiary/aromatic N) is 4. The number of amidine groups is 1. The van der Waals surface area contributed by atoms with Gasteiger partial charge in [0.15, 0.2) is 5.17 Å². The highest BCUT2D eigenvalue weighted by atomic mass is 32.2. The lowest BCUT2D eigenvalue weighted by Crippen LogP contribution is -2.47. The van der Waals surface area contributed by atoms with Crippen molar-refractivity contribution in [1.29, 1.82) is 5.26 Å². The second-order valence-corrected chi connectivity index (χ2v) is 5.36. The molecule has 0 saturated carbocycles. The average Bonchev–Trinajstić information content (AvgIpc) is 2.48. The van der Waals surface area contributed by atoms with E-state index < -0.39 is 0 Å². The van der Waals surface area contributed by atoms with E-state index in [1.54, 1.807) is 0 Å². The maximum Gasteiger partial charge on any atom is 0.208 e. The van der Waals surface area contributed by atoms with E-state index in [1.165, 1.54) is 23.9 Å². The molecule has 1 aromatic rings. The summed E-state index contributed by atoms with van der Waals surface area (Å²) in [7, 11) is 0. The highest BCUT2D eigenvalue weighted by Crippen LogP contribution is 2.12. The number of aliphatic imine (C=N–C) groups is 1. The first kappa shape index (κ1) is 14.8. The summed E-state index contributed by atoms with van der Waals surface area (Å²) < 4.78 is 12.9. The van der Waals surface area contributed by atoms with Crippen LogP contribution in [-0.4, -0.2) is 47.4 Å². The van der Waals surface area contributed by atoms with Crippen LogP contribution >= 0.6 is 11.8 Å². The Hall–Kier alpha value is -1.58. The first-order valence-corrected chi connectivity index (χ1v) is 7.68. The highest BCUT2D eigenvalue weighted by molar-refractivity contribution is 8.13. The fraction of sp³-hybridized carbons (Fsp3) is 0.429. The molecule has 1 fully saturated rings. The Bertz CT molecular complexity index is 501. The molecule has 0 N–H and O–H groups in total. The van der Waals surface area contributed by atoms with Gasteiger partial charge < -0.3 is 4.90 Å². The van der Waals surface area contributed by atoms with Crippen molar-refractivity contribution in [2.45, 2.75) is 6.54 Å². The van der Waals surface area contributed by atoms with Gasteiger partial charge in [0.1, 0.15) is 5.82 Å². The lowest BCUT2D eigenvalue weighted by atomic mass is 10.2. The number of thioether (sulfide) groups is 1. The molecule has 0 unspecified atom stereocenters. The van der Waals surface area contributed by atoms with E-state index in [1.807, 2.05) is 24.6 Å². The zero-order valence-corrected chi connectivity index (χ0v) is 12.2. The molecule has 1 aliphatic heterocycles. The molecule has 0 bridgehead atoms. The summed E-state index contributed by atoms with van der Waals surface area (Å²) in [6, 6.07) is 6.65. The molecule has 1 heterocycles. The quantitative estimate of drug-likeness (QED) is 0.476. The maximum atomic E-state index is 12.9. The Labute approximate surface area is 122 Å². The highest BCUT2D eigenvalue weighted by Gasteiger charge is 2.19. The Morgan fingerprint density at radius 1 is 1.30 bits per heavy atom. The summed E-state index contributed by atoms with van der Waals surface area (Å²) in [6.45, 7) is 4.40. The minimum atomic E-state index is -0.198. The van der Waals surface area contributed by atoms with Crippen LogP contribution in [0.3, 0.4) is 0 Å². The third-order valence-electron chi connectivity index (χ3n) is 3.29. The molecule has 6 heteroatoms. The smallest absolute Gasteiger partial charge is 0.208 e. The molecule has 106 valence electrons. The summed E-state index contributed by atoms with van der Waals surface area (Å²) >= 11 is 1.50. The Morgan fingerprint density at radius 3 is 2.50 bits per heavy atom. The largest absolute Gasteiger partial charge is 0.348 e. The van der Waals surface area contributed by atoms with E-state index in [4.69, 9.17) is 5.26 Å². The predicted molar refractivity (Wildman–Crippen MR) is 79.8 cm³/mol. The van der Waals surface area contributed by atoms with Crippen molar-refractivity contribution in [2.24, 2.45) is 4.99 Å². The molecule has 0 atom stereocenters. The molecule has 0 aliphatic carbocycles. The number of hydrogen-bond donors (Lipinski definition) is 0. The first-order valence-electron chi connectivity index (χ1n) is 6.45. The number of benzene rings is 1. The molecule has 1 aromatic carbocycles. The maximum absolute atomic E-state index is 12.9. The topological polar surface area (TPSA) is 42.6 Å². The van der Waals surface area contributed by atoms with E-state index in [0.717, 1.165) is 43.5 Å². The van der Waals surface area contributed by atoms with Gasteiger partial charge in [0, 0.05) is 32.7 Å². The summed E-state index contributed by atoms with van der Waals surface area (Å²) in [5.74, 6) is -0.198. The van der Waals surface area contributed by atoms with Crippen LogP contribution in [0.15, 0.2) is 29.3 Å². The van der Waals surface area contributed by atoms with Crippen molar-refractivity contribution < 1.29 is 4.39 Å². The number of halogens is 1. The molecular weight excluding hydrogens is 275 g/mol. The van der Waals surface area contributed by atoms with Gasteiger partial charge in [-0.3, -0.25) is 4.90 Å². The second kappa shape index (κ2) is 7.27. The Kier molecular flexibility index (Phi) is 5.39. The van der Waals surface area contributed by atoms with Crippen molar-refractivity contribution in [3.63, 3.8) is 0 Å². The van der Waals surface area contributed by atoms with E-state index in [2.05, 4.69) is 14.8 Å². The number of piperazine rings is 1. The predicted octanol–water partition coefficient (Wildman–Crippen LogP) is 2.14. The lowest BCUT2D eigenvalue weighted by molar-refractivity contribution is 0.177. The zero-order chi connectivity index (χ0) is 14.4. The van der Waals surface area contributed by atoms with Crippen LogP contribution in [0.5, 0.6) is 0 Å². The van der Waals surface area contributed by atoms with Gasteiger partial charge in [-0.1, -0.05) is 23.9 Å². The van der Waals surface area contributed by atoms with Crippen molar-refractivity contribution in [1.82, 2.24) is 9.80 Å². The molecule has 0 amide bonds. The van der Waals surface area contributed by atoms with Gasteiger partial charge >= 0.3 is 0 Å². The monoisotopic (exact) mass is 292 g/mol. The summed E-state index contributed by atoms with van der Waals surface area (Å²) in [5.41, 5.74) is 1.12. The Balaban J connectivity index is 1.87. The average molecular weight is 292 g/mol. The normalized spacial score (nSPS) is 17.1. The minimum absolute atomic E-state index is 0.198. The Morgan fingerprint density at radius 2 is 1.95 bits per heavy atom. The lowest BCUT2D eigenvalue weighted by Gasteiger charge is -2.35. The van der Waals surface area contributed by atoms with Crippen LogP contribution in [-0.2, 0) is 6.54 Å². The number of rotatable bonds is 2. The van der Waals surface area contributed by atoms with Crippen molar-refractivity contribution in [2.75, 3.05) is 32.4 Å². The van der Waals surface area contributed by atoms with Gasteiger partial charge in [-0.2, -0.15) is 5.26 Å². The van der Waals surface area contributed by atoms with E-state index in [0.29, 0.717) is 0 Å². The van der Waals surface area contributed by atoms with Crippen molar-refractivity contribution in [3.05, 3.63) is 35.6 Å². The van der Waals surface area contributed by atoms with Crippen LogP contribution in [0.25, 0.3) is 0 Å². The minimum Gasteiger partial charge on any atom is -0.348 e. The summed E-state index contributed by atoms with van der Waals surface area (Å²) in [5, 5.41) is 9.44. The zero-order valence-electron chi connectivity index (χ0n) is 11.4.